The van der Waals surface area contributed by atoms with Gasteiger partial charge in [0.1, 0.15) is 5.82 Å². The molecule has 0 saturated carbocycles. The van der Waals surface area contributed by atoms with Gasteiger partial charge in [-0.1, -0.05) is 18.2 Å². The number of carbonyl (C=O) groups excluding carboxylic acids is 1. The number of hydrogen-bond donors (Lipinski definition) is 1. The van der Waals surface area contributed by atoms with Crippen molar-refractivity contribution in [3.63, 3.8) is 0 Å². The first kappa shape index (κ1) is 14.9. The number of aryl methyl sites for hydroxylation is 1. The summed E-state index contributed by atoms with van der Waals surface area (Å²) < 4.78 is 18.4. The molecule has 0 bridgehead atoms. The first-order valence-electron chi connectivity index (χ1n) is 7.05. The van der Waals surface area contributed by atoms with Crippen LogP contribution in [0.25, 0.3) is 11.5 Å². The van der Waals surface area contributed by atoms with Crippen LogP contribution in [-0.2, 0) is 6.54 Å². The molecule has 1 aromatic heterocycles. The highest BCUT2D eigenvalue weighted by atomic mass is 19.1. The first-order valence-corrected chi connectivity index (χ1v) is 7.05. The lowest BCUT2D eigenvalue weighted by Gasteiger charge is -2.05. The van der Waals surface area contributed by atoms with Gasteiger partial charge < -0.3 is 9.73 Å². The highest BCUT2D eigenvalue weighted by molar-refractivity contribution is 5.95. The number of nitrogens with one attached hydrogen (secondary N) is 1. The number of halogens is 1. The van der Waals surface area contributed by atoms with Gasteiger partial charge in [-0.05, 0) is 42.8 Å². The molecule has 1 N–H and O–H groups in total. The van der Waals surface area contributed by atoms with Crippen LogP contribution in [0, 0.1) is 12.7 Å². The van der Waals surface area contributed by atoms with Crippen LogP contribution in [0.3, 0.4) is 0 Å². The zero-order valence-electron chi connectivity index (χ0n) is 12.4. The monoisotopic (exact) mass is 311 g/mol. The Morgan fingerprint density at radius 2 is 1.87 bits per heavy atom. The molecule has 0 aliphatic rings. The molecule has 3 rings (SSSR count). The molecule has 5 nitrogen and oxygen atoms in total. The Hall–Kier alpha value is -3.02. The molecule has 3 aromatic rings. The molecule has 0 unspecified atom stereocenters. The van der Waals surface area contributed by atoms with Gasteiger partial charge in [-0.3, -0.25) is 4.79 Å². The maximum absolute atomic E-state index is 12.9. The average Bonchev–Trinajstić information content (AvgIpc) is 3.03. The summed E-state index contributed by atoms with van der Waals surface area (Å²) >= 11 is 0. The third-order valence-electron chi connectivity index (χ3n) is 3.35. The smallest absolute Gasteiger partial charge is 0.251 e. The van der Waals surface area contributed by atoms with Crippen LogP contribution in [0.1, 0.15) is 21.8 Å². The summed E-state index contributed by atoms with van der Waals surface area (Å²) in [5, 5.41) is 10.5. The van der Waals surface area contributed by atoms with E-state index in [-0.39, 0.29) is 30.1 Å². The zero-order valence-corrected chi connectivity index (χ0v) is 12.4. The molecule has 0 atom stereocenters. The Labute approximate surface area is 132 Å². The van der Waals surface area contributed by atoms with E-state index in [1.807, 2.05) is 19.1 Å². The Morgan fingerprint density at radius 3 is 2.61 bits per heavy atom. The van der Waals surface area contributed by atoms with Gasteiger partial charge >= 0.3 is 0 Å². The average molecular weight is 311 g/mol. The fraction of sp³-hybridized carbons (Fsp3) is 0.118. The molecule has 116 valence electrons. The van der Waals surface area contributed by atoms with E-state index in [1.165, 1.54) is 12.1 Å². The molecule has 0 saturated heterocycles. The minimum atomic E-state index is -0.334. The highest BCUT2D eigenvalue weighted by Crippen LogP contribution is 2.18. The zero-order chi connectivity index (χ0) is 16.2. The molecule has 1 amide bonds. The molecular weight excluding hydrogens is 297 g/mol. The summed E-state index contributed by atoms with van der Waals surface area (Å²) in [4.78, 5) is 12.1. The molecule has 0 fully saturated rings. The normalized spacial score (nSPS) is 10.5. The second-order valence-electron chi connectivity index (χ2n) is 5.01. The van der Waals surface area contributed by atoms with E-state index in [4.69, 9.17) is 4.42 Å². The van der Waals surface area contributed by atoms with Gasteiger partial charge in [0.2, 0.25) is 11.8 Å². The number of amides is 1. The fourth-order valence-corrected chi connectivity index (χ4v) is 2.11. The lowest BCUT2D eigenvalue weighted by atomic mass is 10.1. The van der Waals surface area contributed by atoms with Crippen LogP contribution < -0.4 is 5.32 Å². The van der Waals surface area contributed by atoms with Gasteiger partial charge in [0.15, 0.2) is 0 Å². The number of rotatable bonds is 4. The van der Waals surface area contributed by atoms with E-state index in [0.29, 0.717) is 11.1 Å². The Kier molecular flexibility index (Phi) is 4.14. The Bertz CT molecular complexity index is 828. The number of nitrogens with zero attached hydrogens (tertiary/aromatic N) is 2. The molecular formula is C17H14FN3O2. The summed E-state index contributed by atoms with van der Waals surface area (Å²) in [6.07, 6.45) is 0. The SMILES string of the molecule is Cc1ccccc1C(=O)NCc1nnc(-c2ccc(F)cc2)o1. The summed E-state index contributed by atoms with van der Waals surface area (Å²) in [5.74, 6) is 0.0278. The maximum atomic E-state index is 12.9. The maximum Gasteiger partial charge on any atom is 0.251 e. The summed E-state index contributed by atoms with van der Waals surface area (Å²) in [7, 11) is 0. The van der Waals surface area contributed by atoms with Crippen LogP contribution in [0.15, 0.2) is 52.9 Å². The Morgan fingerprint density at radius 1 is 1.13 bits per heavy atom. The van der Waals surface area contributed by atoms with Crippen LogP contribution in [0.4, 0.5) is 4.39 Å². The standard InChI is InChI=1S/C17H14FN3O2/c1-11-4-2-3-5-14(11)16(22)19-10-15-20-21-17(23-15)12-6-8-13(18)9-7-12/h2-9H,10H2,1H3,(H,19,22). The topological polar surface area (TPSA) is 68.0 Å². The second kappa shape index (κ2) is 6.39. The molecule has 0 radical (unpaired) electrons. The second-order valence-corrected chi connectivity index (χ2v) is 5.01. The van der Waals surface area contributed by atoms with Gasteiger partial charge in [0, 0.05) is 11.1 Å². The van der Waals surface area contributed by atoms with Crippen molar-refractivity contribution in [2.75, 3.05) is 0 Å². The lowest BCUT2D eigenvalue weighted by Crippen LogP contribution is -2.23. The van der Waals surface area contributed by atoms with Crippen molar-refractivity contribution >= 4 is 5.91 Å². The van der Waals surface area contributed by atoms with Crippen molar-refractivity contribution in [2.24, 2.45) is 0 Å². The number of hydrogen-bond acceptors (Lipinski definition) is 4. The molecule has 0 aliphatic heterocycles. The van der Waals surface area contributed by atoms with Crippen LogP contribution in [-0.4, -0.2) is 16.1 Å². The van der Waals surface area contributed by atoms with Crippen molar-refractivity contribution in [2.45, 2.75) is 13.5 Å². The van der Waals surface area contributed by atoms with E-state index in [0.717, 1.165) is 5.56 Å². The molecule has 23 heavy (non-hydrogen) atoms. The van der Waals surface area contributed by atoms with Crippen molar-refractivity contribution in [3.8, 4) is 11.5 Å². The van der Waals surface area contributed by atoms with Crippen molar-refractivity contribution < 1.29 is 13.6 Å². The van der Waals surface area contributed by atoms with Gasteiger partial charge in [-0.2, -0.15) is 0 Å². The van der Waals surface area contributed by atoms with E-state index >= 15 is 0 Å². The van der Waals surface area contributed by atoms with Crippen LogP contribution in [0.5, 0.6) is 0 Å². The molecule has 0 spiro atoms. The summed E-state index contributed by atoms with van der Waals surface area (Å²) in [6, 6.07) is 13.0. The highest BCUT2D eigenvalue weighted by Gasteiger charge is 2.12. The molecule has 1 heterocycles. The van der Waals surface area contributed by atoms with Gasteiger partial charge in [0.25, 0.3) is 5.91 Å². The van der Waals surface area contributed by atoms with Gasteiger partial charge in [0.05, 0.1) is 6.54 Å². The number of benzene rings is 2. The third kappa shape index (κ3) is 3.42. The van der Waals surface area contributed by atoms with E-state index < -0.39 is 0 Å². The number of carbonyl (C=O) groups is 1. The van der Waals surface area contributed by atoms with Gasteiger partial charge in [-0.15, -0.1) is 10.2 Å². The first-order chi connectivity index (χ1) is 11.1. The third-order valence-corrected chi connectivity index (χ3v) is 3.35. The number of aromatic nitrogens is 2. The van der Waals surface area contributed by atoms with Crippen LogP contribution in [0.2, 0.25) is 0 Å². The molecule has 6 heteroatoms. The minimum Gasteiger partial charge on any atom is -0.419 e. The van der Waals surface area contributed by atoms with Crippen molar-refractivity contribution in [3.05, 3.63) is 71.4 Å². The summed E-state index contributed by atoms with van der Waals surface area (Å²) in [6.45, 7) is 2.00. The van der Waals surface area contributed by atoms with E-state index in [9.17, 15) is 9.18 Å². The fourth-order valence-electron chi connectivity index (χ4n) is 2.11. The predicted octanol–water partition coefficient (Wildman–Crippen LogP) is 3.11. The van der Waals surface area contributed by atoms with Crippen LogP contribution >= 0.6 is 0 Å². The molecule has 2 aromatic carbocycles. The quantitative estimate of drug-likeness (QED) is 0.804. The van der Waals surface area contributed by atoms with E-state index in [1.54, 1.807) is 24.3 Å². The summed E-state index contributed by atoms with van der Waals surface area (Å²) in [5.41, 5.74) is 2.11. The van der Waals surface area contributed by atoms with Crippen molar-refractivity contribution in [1.29, 1.82) is 0 Å². The minimum absolute atomic E-state index is 0.126. The van der Waals surface area contributed by atoms with Crippen molar-refractivity contribution in [1.82, 2.24) is 15.5 Å². The molecule has 0 aliphatic carbocycles. The Balaban J connectivity index is 1.67. The largest absolute Gasteiger partial charge is 0.419 e. The predicted molar refractivity (Wildman–Crippen MR) is 82.0 cm³/mol. The lowest BCUT2D eigenvalue weighted by molar-refractivity contribution is 0.0946. The van der Waals surface area contributed by atoms with E-state index in [2.05, 4.69) is 15.5 Å². The van der Waals surface area contributed by atoms with Gasteiger partial charge in [-0.25, -0.2) is 4.39 Å².